The fourth-order valence-electron chi connectivity index (χ4n) is 7.02. The zero-order chi connectivity index (χ0) is 47.2. The first-order chi connectivity index (χ1) is 32.0. The third-order valence-electron chi connectivity index (χ3n) is 11.0. The van der Waals surface area contributed by atoms with Crippen LogP contribution in [-0.2, 0) is 28.6 Å². The lowest BCUT2D eigenvalue weighted by atomic mass is 10.1. The highest BCUT2D eigenvalue weighted by atomic mass is 16.6. The molecule has 0 radical (unpaired) electrons. The van der Waals surface area contributed by atoms with E-state index in [1.807, 2.05) is 0 Å². The number of hydrogen-bond acceptors (Lipinski definition) is 6. The Morgan fingerprint density at radius 2 is 0.600 bits per heavy atom. The Balaban J connectivity index is 4.50. The van der Waals surface area contributed by atoms with Crippen LogP contribution in [0.1, 0.15) is 239 Å². The lowest BCUT2D eigenvalue weighted by molar-refractivity contribution is -0.167. The highest BCUT2D eigenvalue weighted by Gasteiger charge is 2.19. The number of allylic oxidation sites excluding steroid dienone is 16. The van der Waals surface area contributed by atoms with Gasteiger partial charge < -0.3 is 14.2 Å². The van der Waals surface area contributed by atoms with Crippen molar-refractivity contribution in [3.8, 4) is 0 Å². The zero-order valence-corrected chi connectivity index (χ0v) is 42.2. The molecule has 0 spiro atoms. The lowest BCUT2D eigenvalue weighted by Crippen LogP contribution is -2.30. The van der Waals surface area contributed by atoms with E-state index >= 15 is 0 Å². The minimum absolute atomic E-state index is 0.102. The van der Waals surface area contributed by atoms with E-state index in [9.17, 15) is 14.4 Å². The molecule has 0 heterocycles. The summed E-state index contributed by atoms with van der Waals surface area (Å²) in [4.78, 5) is 38.0. The molecule has 0 aliphatic heterocycles. The SMILES string of the molecule is CC/C=C\C/C=C\C/C=C\C/C=C\CCCCC(=O)OC[C@H](COC(=O)CCCCCCC/C=C\C/C=C\CCCCC)OC(=O)CCCCCCCCC/C=C\C/C=C\CCCCC. The maximum Gasteiger partial charge on any atom is 0.306 e. The van der Waals surface area contributed by atoms with Gasteiger partial charge in [0.25, 0.3) is 0 Å². The molecular weight excluding hydrogens is 805 g/mol. The highest BCUT2D eigenvalue weighted by Crippen LogP contribution is 2.13. The molecule has 6 nitrogen and oxygen atoms in total. The number of rotatable bonds is 47. The Morgan fingerprint density at radius 1 is 0.323 bits per heavy atom. The van der Waals surface area contributed by atoms with E-state index in [1.165, 1.54) is 77.0 Å². The van der Waals surface area contributed by atoms with E-state index in [1.54, 1.807) is 0 Å². The fraction of sp³-hybridized carbons (Fsp3) is 0.678. The van der Waals surface area contributed by atoms with Crippen molar-refractivity contribution in [1.29, 1.82) is 0 Å². The highest BCUT2D eigenvalue weighted by molar-refractivity contribution is 5.71. The zero-order valence-electron chi connectivity index (χ0n) is 42.2. The van der Waals surface area contributed by atoms with Crippen LogP contribution in [0.2, 0.25) is 0 Å². The maximum atomic E-state index is 12.8. The van der Waals surface area contributed by atoms with Crippen molar-refractivity contribution in [2.24, 2.45) is 0 Å². The van der Waals surface area contributed by atoms with Crippen LogP contribution in [0.15, 0.2) is 97.2 Å². The lowest BCUT2D eigenvalue weighted by Gasteiger charge is -2.18. The summed E-state index contributed by atoms with van der Waals surface area (Å²) < 4.78 is 16.8. The van der Waals surface area contributed by atoms with Gasteiger partial charge in [-0.1, -0.05) is 195 Å². The molecule has 0 saturated heterocycles. The Kier molecular flexibility index (Phi) is 50.0. The number of ether oxygens (including phenoxy) is 3. The maximum absolute atomic E-state index is 12.8. The molecule has 0 aliphatic rings. The quantitative estimate of drug-likeness (QED) is 0.0262. The van der Waals surface area contributed by atoms with E-state index in [0.717, 1.165) is 122 Å². The largest absolute Gasteiger partial charge is 0.462 e. The Hall–Kier alpha value is -3.67. The van der Waals surface area contributed by atoms with Crippen LogP contribution in [-0.4, -0.2) is 37.2 Å². The second-order valence-corrected chi connectivity index (χ2v) is 17.4. The van der Waals surface area contributed by atoms with Gasteiger partial charge in [-0.25, -0.2) is 0 Å². The first-order valence-corrected chi connectivity index (χ1v) is 26.7. The van der Waals surface area contributed by atoms with Crippen molar-refractivity contribution in [2.75, 3.05) is 13.2 Å². The standard InChI is InChI=1S/C59H98O6/c1-4-7-10-13-16-19-22-25-28-29-32-35-38-41-44-47-50-53-59(62)65-56(54-63-57(60)51-48-45-42-39-36-33-30-26-23-20-17-14-11-8-5-2)55-64-58(61)52-49-46-43-40-37-34-31-27-24-21-18-15-12-9-6-3/h8,11,16-21,25-28,30-31,36,39,56H,4-7,9-10,12-15,22-24,29,32-35,37-38,40-55H2,1-3H3/b11-8-,19-16-,20-17-,21-18-,28-25-,30-26-,31-27-,39-36-/t56-/m1/s1. The summed E-state index contributed by atoms with van der Waals surface area (Å²) in [5, 5.41) is 0. The van der Waals surface area contributed by atoms with Crippen LogP contribution in [0.3, 0.4) is 0 Å². The fourth-order valence-corrected chi connectivity index (χ4v) is 7.02. The van der Waals surface area contributed by atoms with Crippen LogP contribution in [0, 0.1) is 0 Å². The van der Waals surface area contributed by atoms with Crippen molar-refractivity contribution < 1.29 is 28.6 Å². The first kappa shape index (κ1) is 61.3. The number of carbonyl (C=O) groups excluding carboxylic acids is 3. The molecular formula is C59H98O6. The van der Waals surface area contributed by atoms with E-state index in [-0.39, 0.29) is 31.1 Å². The van der Waals surface area contributed by atoms with Gasteiger partial charge in [0, 0.05) is 19.3 Å². The van der Waals surface area contributed by atoms with Gasteiger partial charge in [0.2, 0.25) is 0 Å². The molecule has 370 valence electrons. The molecule has 0 N–H and O–H groups in total. The van der Waals surface area contributed by atoms with Gasteiger partial charge in [-0.2, -0.15) is 0 Å². The molecule has 0 aromatic heterocycles. The molecule has 0 aromatic carbocycles. The van der Waals surface area contributed by atoms with E-state index in [4.69, 9.17) is 14.2 Å². The number of esters is 3. The van der Waals surface area contributed by atoms with Gasteiger partial charge in [-0.15, -0.1) is 0 Å². The average molecular weight is 903 g/mol. The predicted molar refractivity (Wildman–Crippen MR) is 279 cm³/mol. The van der Waals surface area contributed by atoms with Crippen LogP contribution >= 0.6 is 0 Å². The van der Waals surface area contributed by atoms with Crippen molar-refractivity contribution in [1.82, 2.24) is 0 Å². The summed E-state index contributed by atoms with van der Waals surface area (Å²) in [5.41, 5.74) is 0. The molecule has 0 fully saturated rings. The van der Waals surface area contributed by atoms with E-state index in [0.29, 0.717) is 19.3 Å². The van der Waals surface area contributed by atoms with Crippen molar-refractivity contribution in [3.63, 3.8) is 0 Å². The summed E-state index contributed by atoms with van der Waals surface area (Å²) in [6.45, 7) is 6.41. The van der Waals surface area contributed by atoms with E-state index < -0.39 is 6.10 Å². The topological polar surface area (TPSA) is 78.9 Å². The van der Waals surface area contributed by atoms with Crippen LogP contribution in [0.25, 0.3) is 0 Å². The minimum Gasteiger partial charge on any atom is -0.462 e. The predicted octanol–water partition coefficient (Wildman–Crippen LogP) is 17.8. The van der Waals surface area contributed by atoms with Gasteiger partial charge in [-0.3, -0.25) is 14.4 Å². The molecule has 0 saturated carbocycles. The second-order valence-electron chi connectivity index (χ2n) is 17.4. The number of unbranched alkanes of at least 4 members (excludes halogenated alkanes) is 20. The molecule has 6 heteroatoms. The summed E-state index contributed by atoms with van der Waals surface area (Å²) in [5.74, 6) is -0.967. The molecule has 0 rings (SSSR count). The van der Waals surface area contributed by atoms with Crippen LogP contribution in [0.5, 0.6) is 0 Å². The van der Waals surface area contributed by atoms with Gasteiger partial charge in [0.05, 0.1) is 0 Å². The first-order valence-electron chi connectivity index (χ1n) is 26.7. The van der Waals surface area contributed by atoms with E-state index in [2.05, 4.69) is 118 Å². The van der Waals surface area contributed by atoms with Crippen LogP contribution < -0.4 is 0 Å². The average Bonchev–Trinajstić information content (AvgIpc) is 3.30. The van der Waals surface area contributed by atoms with Crippen molar-refractivity contribution in [3.05, 3.63) is 97.2 Å². The molecule has 0 amide bonds. The monoisotopic (exact) mass is 903 g/mol. The number of carbonyl (C=O) groups is 3. The second kappa shape index (κ2) is 52.9. The molecule has 1 atom stereocenters. The summed E-state index contributed by atoms with van der Waals surface area (Å²) in [6.07, 6.45) is 69.6. The Labute approximate surface area is 400 Å². The normalized spacial score (nSPS) is 12.8. The van der Waals surface area contributed by atoms with Gasteiger partial charge in [0.15, 0.2) is 6.10 Å². The summed E-state index contributed by atoms with van der Waals surface area (Å²) in [7, 11) is 0. The molecule has 65 heavy (non-hydrogen) atoms. The van der Waals surface area contributed by atoms with Gasteiger partial charge in [-0.05, 0) is 122 Å². The van der Waals surface area contributed by atoms with Crippen molar-refractivity contribution >= 4 is 17.9 Å². The Bertz CT molecular complexity index is 1310. The molecule has 0 aromatic rings. The minimum atomic E-state index is -0.805. The van der Waals surface area contributed by atoms with Crippen molar-refractivity contribution in [2.45, 2.75) is 245 Å². The van der Waals surface area contributed by atoms with Gasteiger partial charge >= 0.3 is 17.9 Å². The molecule has 0 aliphatic carbocycles. The molecule has 0 unspecified atom stereocenters. The molecule has 0 bridgehead atoms. The third kappa shape index (κ3) is 51.2. The number of hydrogen-bond donors (Lipinski definition) is 0. The summed E-state index contributed by atoms with van der Waals surface area (Å²) >= 11 is 0. The van der Waals surface area contributed by atoms with Crippen LogP contribution in [0.4, 0.5) is 0 Å². The van der Waals surface area contributed by atoms with Gasteiger partial charge in [0.1, 0.15) is 13.2 Å². The summed E-state index contributed by atoms with van der Waals surface area (Å²) in [6, 6.07) is 0. The Morgan fingerprint density at radius 3 is 0.969 bits per heavy atom. The smallest absolute Gasteiger partial charge is 0.306 e. The third-order valence-corrected chi connectivity index (χ3v) is 11.0.